The molecule has 6 heteroatoms. The van der Waals surface area contributed by atoms with Crippen LogP contribution in [0.25, 0.3) is 0 Å². The maximum atomic E-state index is 9.70. The van der Waals surface area contributed by atoms with Gasteiger partial charge in [0.05, 0.1) is 12.3 Å². The van der Waals surface area contributed by atoms with Gasteiger partial charge in [0.1, 0.15) is 5.15 Å². The zero-order chi connectivity index (χ0) is 15.5. The van der Waals surface area contributed by atoms with E-state index in [9.17, 15) is 5.11 Å². The molecule has 1 saturated heterocycles. The largest absolute Gasteiger partial charge is 0.396 e. The Morgan fingerprint density at radius 3 is 2.67 bits per heavy atom. The van der Waals surface area contributed by atoms with Crippen molar-refractivity contribution in [2.75, 3.05) is 26.4 Å². The third-order valence-electron chi connectivity index (χ3n) is 4.34. The van der Waals surface area contributed by atoms with E-state index in [-0.39, 0.29) is 12.0 Å². The second-order valence-electron chi connectivity index (χ2n) is 6.31. The molecule has 0 bridgehead atoms. The van der Waals surface area contributed by atoms with Gasteiger partial charge in [-0.15, -0.1) is 0 Å². The number of nitrogens with one attached hydrogen (secondary N) is 1. The molecule has 2 N–H and O–H groups in total. The first-order valence-corrected chi connectivity index (χ1v) is 7.97. The predicted molar refractivity (Wildman–Crippen MR) is 83.6 cm³/mol. The number of aromatic nitrogens is 2. The molecule has 0 atom stereocenters. The van der Waals surface area contributed by atoms with E-state index >= 15 is 0 Å². The van der Waals surface area contributed by atoms with Gasteiger partial charge >= 0.3 is 0 Å². The van der Waals surface area contributed by atoms with Crippen molar-refractivity contribution in [3.8, 4) is 0 Å². The highest BCUT2D eigenvalue weighted by atomic mass is 35.5. The van der Waals surface area contributed by atoms with Gasteiger partial charge in [-0.3, -0.25) is 4.68 Å². The lowest BCUT2D eigenvalue weighted by atomic mass is 9.81. The second kappa shape index (κ2) is 7.09. The van der Waals surface area contributed by atoms with E-state index in [0.717, 1.165) is 43.9 Å². The fraction of sp³-hybridized carbons (Fsp3) is 0.800. The minimum atomic E-state index is -0.0646. The smallest absolute Gasteiger partial charge is 0.131 e. The molecule has 1 aliphatic rings. The molecule has 0 spiro atoms. The maximum absolute atomic E-state index is 9.70. The van der Waals surface area contributed by atoms with Crippen LogP contribution in [0.15, 0.2) is 0 Å². The molecule has 5 nitrogen and oxygen atoms in total. The molecule has 0 radical (unpaired) electrons. The molecule has 21 heavy (non-hydrogen) atoms. The quantitative estimate of drug-likeness (QED) is 0.844. The van der Waals surface area contributed by atoms with Crippen molar-refractivity contribution in [1.82, 2.24) is 15.1 Å². The second-order valence-corrected chi connectivity index (χ2v) is 6.66. The Hall–Kier alpha value is -0.620. The molecule has 1 fully saturated rings. The van der Waals surface area contributed by atoms with Crippen LogP contribution in [0.1, 0.15) is 43.9 Å². The number of aliphatic hydroxyl groups excluding tert-OH is 1. The van der Waals surface area contributed by atoms with E-state index in [4.69, 9.17) is 16.3 Å². The van der Waals surface area contributed by atoms with Gasteiger partial charge in [0.25, 0.3) is 0 Å². The fourth-order valence-electron chi connectivity index (χ4n) is 2.84. The molecular weight excluding hydrogens is 290 g/mol. The van der Waals surface area contributed by atoms with Crippen LogP contribution in [-0.4, -0.2) is 41.3 Å². The summed E-state index contributed by atoms with van der Waals surface area (Å²) in [6.45, 7) is 7.35. The predicted octanol–water partition coefficient (Wildman–Crippen LogP) is 2.08. The normalized spacial score (nSPS) is 18.4. The molecule has 0 unspecified atom stereocenters. The van der Waals surface area contributed by atoms with E-state index < -0.39 is 0 Å². The fourth-order valence-corrected chi connectivity index (χ4v) is 3.04. The van der Waals surface area contributed by atoms with Gasteiger partial charge in [-0.1, -0.05) is 25.4 Å². The topological polar surface area (TPSA) is 59.3 Å². The lowest BCUT2D eigenvalue weighted by Crippen LogP contribution is -2.41. The van der Waals surface area contributed by atoms with Gasteiger partial charge in [0, 0.05) is 44.3 Å². The van der Waals surface area contributed by atoms with Crippen molar-refractivity contribution < 1.29 is 9.84 Å². The van der Waals surface area contributed by atoms with Crippen LogP contribution in [-0.2, 0) is 18.3 Å². The van der Waals surface area contributed by atoms with Crippen molar-refractivity contribution in [3.05, 3.63) is 16.4 Å². The molecule has 0 amide bonds. The highest BCUT2D eigenvalue weighted by molar-refractivity contribution is 6.30. The zero-order valence-electron chi connectivity index (χ0n) is 13.2. The standard InChI is InChI=1S/C15H26ClN3O2/c1-11(2)13-12(14(16)19(3)18-13)8-17-9-15(10-20)4-6-21-7-5-15/h11,17,20H,4-10H2,1-3H3. The van der Waals surface area contributed by atoms with E-state index in [0.29, 0.717) is 17.6 Å². The number of aryl methyl sites for hydroxylation is 1. The van der Waals surface area contributed by atoms with Crippen LogP contribution >= 0.6 is 11.6 Å². The number of aliphatic hydroxyl groups is 1. The summed E-state index contributed by atoms with van der Waals surface area (Å²) in [6.07, 6.45) is 1.79. The summed E-state index contributed by atoms with van der Waals surface area (Å²) in [5.41, 5.74) is 2.04. The summed E-state index contributed by atoms with van der Waals surface area (Å²) in [7, 11) is 1.87. The molecule has 0 aromatic carbocycles. The van der Waals surface area contributed by atoms with Gasteiger partial charge in [-0.2, -0.15) is 5.10 Å². The SMILES string of the molecule is CC(C)c1nn(C)c(Cl)c1CNCC1(CO)CCOCC1. The molecule has 120 valence electrons. The number of rotatable bonds is 6. The minimum Gasteiger partial charge on any atom is -0.396 e. The monoisotopic (exact) mass is 315 g/mol. The number of hydrogen-bond acceptors (Lipinski definition) is 4. The van der Waals surface area contributed by atoms with Crippen LogP contribution in [0, 0.1) is 5.41 Å². The third kappa shape index (κ3) is 3.77. The Bertz CT molecular complexity index is 468. The number of nitrogens with zero attached hydrogens (tertiary/aromatic N) is 2. The average Bonchev–Trinajstić information content (AvgIpc) is 2.77. The molecule has 0 saturated carbocycles. The van der Waals surface area contributed by atoms with E-state index in [2.05, 4.69) is 24.3 Å². The number of halogens is 1. The molecule has 1 aromatic heterocycles. The van der Waals surface area contributed by atoms with E-state index in [1.165, 1.54) is 0 Å². The lowest BCUT2D eigenvalue weighted by Gasteiger charge is -2.35. The minimum absolute atomic E-state index is 0.0646. The van der Waals surface area contributed by atoms with Crippen LogP contribution < -0.4 is 5.32 Å². The summed E-state index contributed by atoms with van der Waals surface area (Å²) < 4.78 is 7.12. The average molecular weight is 316 g/mol. The molecule has 2 rings (SSSR count). The van der Waals surface area contributed by atoms with Crippen LogP contribution in [0.5, 0.6) is 0 Å². The van der Waals surface area contributed by atoms with Crippen molar-refractivity contribution >= 4 is 11.6 Å². The van der Waals surface area contributed by atoms with E-state index in [1.54, 1.807) is 4.68 Å². The van der Waals surface area contributed by atoms with Gasteiger partial charge in [-0.05, 0) is 18.8 Å². The van der Waals surface area contributed by atoms with Gasteiger partial charge in [-0.25, -0.2) is 0 Å². The third-order valence-corrected chi connectivity index (χ3v) is 4.81. The van der Waals surface area contributed by atoms with Gasteiger partial charge in [0.15, 0.2) is 0 Å². The summed E-state index contributed by atoms with van der Waals surface area (Å²) in [5.74, 6) is 0.343. The molecule has 0 aliphatic carbocycles. The molecule has 2 heterocycles. The van der Waals surface area contributed by atoms with E-state index in [1.807, 2.05) is 7.05 Å². The summed E-state index contributed by atoms with van der Waals surface area (Å²) >= 11 is 6.34. The van der Waals surface area contributed by atoms with Crippen molar-refractivity contribution in [3.63, 3.8) is 0 Å². The first-order valence-electron chi connectivity index (χ1n) is 7.60. The van der Waals surface area contributed by atoms with Crippen molar-refractivity contribution in [2.24, 2.45) is 12.5 Å². The Morgan fingerprint density at radius 2 is 2.10 bits per heavy atom. The molecule has 1 aromatic rings. The first-order chi connectivity index (χ1) is 9.99. The number of ether oxygens (including phenoxy) is 1. The summed E-state index contributed by atoms with van der Waals surface area (Å²) in [5, 5.41) is 18.3. The van der Waals surface area contributed by atoms with Gasteiger partial charge < -0.3 is 15.2 Å². The first kappa shape index (κ1) is 16.7. The van der Waals surface area contributed by atoms with Crippen molar-refractivity contribution in [2.45, 2.75) is 39.2 Å². The summed E-state index contributed by atoms with van der Waals surface area (Å²) in [6, 6.07) is 0. The Labute approximate surface area is 131 Å². The van der Waals surface area contributed by atoms with Crippen molar-refractivity contribution in [1.29, 1.82) is 0 Å². The van der Waals surface area contributed by atoms with Crippen LogP contribution in [0.4, 0.5) is 0 Å². The molecular formula is C15H26ClN3O2. The highest BCUT2D eigenvalue weighted by Gasteiger charge is 2.31. The lowest BCUT2D eigenvalue weighted by molar-refractivity contribution is -0.0154. The highest BCUT2D eigenvalue weighted by Crippen LogP contribution is 2.30. The van der Waals surface area contributed by atoms with Crippen LogP contribution in [0.2, 0.25) is 5.15 Å². The zero-order valence-corrected chi connectivity index (χ0v) is 13.9. The number of hydrogen-bond donors (Lipinski definition) is 2. The molecule has 1 aliphatic heterocycles. The summed E-state index contributed by atoms with van der Waals surface area (Å²) in [4.78, 5) is 0. The Kier molecular flexibility index (Phi) is 5.66. The van der Waals surface area contributed by atoms with Gasteiger partial charge in [0.2, 0.25) is 0 Å². The van der Waals surface area contributed by atoms with Crippen LogP contribution in [0.3, 0.4) is 0 Å². The Morgan fingerprint density at radius 1 is 1.43 bits per heavy atom. The maximum Gasteiger partial charge on any atom is 0.131 e. The Balaban J connectivity index is 2.00.